The van der Waals surface area contributed by atoms with Crippen LogP contribution in [0.15, 0.2) is 11.6 Å². The molecule has 1 fully saturated rings. The Labute approximate surface area is 157 Å². The number of halogens is 1. The average Bonchev–Trinajstić information content (AvgIpc) is 2.81. The Balaban J connectivity index is 2.40. The first-order chi connectivity index (χ1) is 11.1. The third-order valence-corrected chi connectivity index (χ3v) is 6.51. The fourth-order valence-corrected chi connectivity index (χ4v) is 3.36. The molecule has 0 spiro atoms. The molecule has 0 unspecified atom stereocenters. The van der Waals surface area contributed by atoms with Crippen molar-refractivity contribution in [2.75, 3.05) is 25.3 Å². The van der Waals surface area contributed by atoms with Gasteiger partial charge in [0.1, 0.15) is 6.79 Å². The largest absolute Gasteiger partial charge is 0.356 e. The maximum Gasteiger partial charge on any atom is 0.163 e. The molecular weight excluding hydrogens is 388 g/mol. The quantitative estimate of drug-likeness (QED) is 0.155. The molecule has 0 amide bonds. The molecular formula is C18H35BrO4Si. The van der Waals surface area contributed by atoms with Crippen molar-refractivity contribution in [1.29, 1.82) is 0 Å². The highest BCUT2D eigenvalue weighted by Gasteiger charge is 2.34. The number of ether oxygens (including phenoxy) is 4. The van der Waals surface area contributed by atoms with Crippen LogP contribution in [0, 0.1) is 0 Å². The summed E-state index contributed by atoms with van der Waals surface area (Å²) in [5.74, 6) is -0.481. The van der Waals surface area contributed by atoms with Gasteiger partial charge in [-0.2, -0.15) is 0 Å². The van der Waals surface area contributed by atoms with Gasteiger partial charge in [-0.15, -0.1) is 0 Å². The smallest absolute Gasteiger partial charge is 0.163 e. The van der Waals surface area contributed by atoms with Crippen LogP contribution in [-0.2, 0) is 18.9 Å². The summed E-state index contributed by atoms with van der Waals surface area (Å²) in [6.45, 7) is 14.9. The predicted octanol–water partition coefficient (Wildman–Crippen LogP) is 4.96. The van der Waals surface area contributed by atoms with Crippen molar-refractivity contribution in [3.8, 4) is 0 Å². The van der Waals surface area contributed by atoms with Crippen molar-refractivity contribution < 1.29 is 18.9 Å². The number of allylic oxidation sites excluding steroid dienone is 1. The van der Waals surface area contributed by atoms with E-state index in [1.807, 2.05) is 13.8 Å². The third kappa shape index (κ3) is 10.3. The SMILES string of the molecule is C/C(=C\C[C@H](C[C@H]1COC(C)(C)O1)OCOCC[Si](C)(C)C)CBr. The van der Waals surface area contributed by atoms with Gasteiger partial charge in [0.2, 0.25) is 0 Å². The van der Waals surface area contributed by atoms with Crippen molar-refractivity contribution in [2.45, 2.75) is 77.3 Å². The Kier molecular flexibility index (Phi) is 9.70. The van der Waals surface area contributed by atoms with Gasteiger partial charge in [0.25, 0.3) is 0 Å². The average molecular weight is 423 g/mol. The van der Waals surface area contributed by atoms with Crippen molar-refractivity contribution in [1.82, 2.24) is 0 Å². The Bertz CT molecular complexity index is 393. The predicted molar refractivity (Wildman–Crippen MR) is 106 cm³/mol. The van der Waals surface area contributed by atoms with E-state index in [4.69, 9.17) is 18.9 Å². The molecule has 1 rings (SSSR count). The minimum absolute atomic E-state index is 0.0876. The van der Waals surface area contributed by atoms with Gasteiger partial charge < -0.3 is 18.9 Å². The number of hydrogen-bond donors (Lipinski definition) is 0. The Morgan fingerprint density at radius 3 is 2.62 bits per heavy atom. The highest BCUT2D eigenvalue weighted by molar-refractivity contribution is 9.09. The van der Waals surface area contributed by atoms with Crippen LogP contribution in [0.4, 0.5) is 0 Å². The maximum atomic E-state index is 5.98. The van der Waals surface area contributed by atoms with Crippen molar-refractivity contribution in [3.05, 3.63) is 11.6 Å². The van der Waals surface area contributed by atoms with Gasteiger partial charge in [-0.3, -0.25) is 0 Å². The van der Waals surface area contributed by atoms with E-state index >= 15 is 0 Å². The van der Waals surface area contributed by atoms with Crippen molar-refractivity contribution >= 4 is 24.0 Å². The van der Waals surface area contributed by atoms with Gasteiger partial charge >= 0.3 is 0 Å². The molecule has 0 radical (unpaired) electrons. The second-order valence-electron chi connectivity index (χ2n) is 8.23. The third-order valence-electron chi connectivity index (χ3n) is 3.92. The summed E-state index contributed by atoms with van der Waals surface area (Å²) in [5, 5.41) is 0.891. The lowest BCUT2D eigenvalue weighted by molar-refractivity contribution is -0.147. The Morgan fingerprint density at radius 1 is 1.38 bits per heavy atom. The van der Waals surface area contributed by atoms with Crippen LogP contribution >= 0.6 is 15.9 Å². The van der Waals surface area contributed by atoms with Crippen LogP contribution in [0.3, 0.4) is 0 Å². The molecule has 0 aromatic carbocycles. The van der Waals surface area contributed by atoms with E-state index < -0.39 is 13.9 Å². The highest BCUT2D eigenvalue weighted by atomic mass is 79.9. The number of alkyl halides is 1. The molecule has 1 aliphatic heterocycles. The summed E-state index contributed by atoms with van der Waals surface area (Å²) >= 11 is 3.49. The molecule has 0 saturated carbocycles. The molecule has 0 bridgehead atoms. The zero-order valence-corrected chi connectivity index (χ0v) is 18.8. The molecule has 1 saturated heterocycles. The van der Waals surface area contributed by atoms with Crippen LogP contribution < -0.4 is 0 Å². The van der Waals surface area contributed by atoms with Gasteiger partial charge in [0, 0.05) is 26.4 Å². The second-order valence-corrected chi connectivity index (χ2v) is 14.4. The first-order valence-corrected chi connectivity index (χ1v) is 13.7. The first kappa shape index (κ1) is 22.3. The molecule has 0 aliphatic carbocycles. The van der Waals surface area contributed by atoms with E-state index in [9.17, 15) is 0 Å². The molecule has 0 aromatic rings. The van der Waals surface area contributed by atoms with Gasteiger partial charge in [-0.25, -0.2) is 0 Å². The number of hydrogen-bond acceptors (Lipinski definition) is 4. The van der Waals surface area contributed by atoms with E-state index in [2.05, 4.69) is 48.6 Å². The Hall–Kier alpha value is 0.277. The standard InChI is InChI=1S/C18H35BrO4Si/c1-15(12-19)7-8-16(11-17-13-22-18(2,3)23-17)21-14-20-9-10-24(4,5)6/h7,16-17H,8-14H2,1-6H3/b15-7+/t16-,17+/m1/s1. The first-order valence-electron chi connectivity index (χ1n) is 8.84. The minimum Gasteiger partial charge on any atom is -0.356 e. The fourth-order valence-electron chi connectivity index (χ4n) is 2.37. The summed E-state index contributed by atoms with van der Waals surface area (Å²) in [7, 11) is -1.05. The summed E-state index contributed by atoms with van der Waals surface area (Å²) in [4.78, 5) is 0. The summed E-state index contributed by atoms with van der Waals surface area (Å²) in [6, 6.07) is 1.16. The maximum absolute atomic E-state index is 5.98. The van der Waals surface area contributed by atoms with Crippen LogP contribution in [-0.4, -0.2) is 51.4 Å². The fraction of sp³-hybridized carbons (Fsp3) is 0.889. The lowest BCUT2D eigenvalue weighted by Gasteiger charge is -2.22. The molecule has 1 heterocycles. The molecule has 6 heteroatoms. The molecule has 2 atom stereocenters. The van der Waals surface area contributed by atoms with Gasteiger partial charge in [-0.1, -0.05) is 47.2 Å². The zero-order chi connectivity index (χ0) is 18.2. The summed E-state index contributed by atoms with van der Waals surface area (Å²) in [5.41, 5.74) is 1.31. The van der Waals surface area contributed by atoms with E-state index in [0.717, 1.165) is 30.8 Å². The van der Waals surface area contributed by atoms with E-state index in [1.54, 1.807) is 0 Å². The topological polar surface area (TPSA) is 36.9 Å². The Morgan fingerprint density at radius 2 is 2.08 bits per heavy atom. The number of rotatable bonds is 11. The monoisotopic (exact) mass is 422 g/mol. The van der Waals surface area contributed by atoms with Crippen LogP contribution in [0.5, 0.6) is 0 Å². The lowest BCUT2D eigenvalue weighted by Crippen LogP contribution is -2.26. The minimum atomic E-state index is -1.05. The van der Waals surface area contributed by atoms with Crippen molar-refractivity contribution in [3.63, 3.8) is 0 Å². The lowest BCUT2D eigenvalue weighted by atomic mass is 10.1. The van der Waals surface area contributed by atoms with E-state index in [-0.39, 0.29) is 12.2 Å². The second kappa shape index (κ2) is 10.4. The molecule has 0 N–H and O–H groups in total. The van der Waals surface area contributed by atoms with Crippen molar-refractivity contribution in [2.24, 2.45) is 0 Å². The van der Waals surface area contributed by atoms with Gasteiger partial charge in [0.05, 0.1) is 18.8 Å². The zero-order valence-electron chi connectivity index (χ0n) is 16.2. The molecule has 4 nitrogen and oxygen atoms in total. The molecule has 142 valence electrons. The molecule has 1 aliphatic rings. The van der Waals surface area contributed by atoms with E-state index in [1.165, 1.54) is 5.57 Å². The van der Waals surface area contributed by atoms with Crippen LogP contribution in [0.1, 0.15) is 33.6 Å². The van der Waals surface area contributed by atoms with Crippen LogP contribution in [0.2, 0.25) is 25.7 Å². The van der Waals surface area contributed by atoms with Gasteiger partial charge in [0.15, 0.2) is 5.79 Å². The van der Waals surface area contributed by atoms with Gasteiger partial charge in [-0.05, 0) is 33.2 Å². The molecule has 0 aromatic heterocycles. The normalized spacial score (nSPS) is 22.8. The molecule has 24 heavy (non-hydrogen) atoms. The van der Waals surface area contributed by atoms with Crippen LogP contribution in [0.25, 0.3) is 0 Å². The van der Waals surface area contributed by atoms with E-state index in [0.29, 0.717) is 13.4 Å². The summed E-state index contributed by atoms with van der Waals surface area (Å²) in [6.07, 6.45) is 4.10. The summed E-state index contributed by atoms with van der Waals surface area (Å²) < 4.78 is 23.2. The highest BCUT2D eigenvalue weighted by Crippen LogP contribution is 2.26.